The SMILES string of the molecule is O=C1CCCCC1C(=O)Nc1ccc(F)cc1. The third kappa shape index (κ3) is 2.90. The predicted octanol–water partition coefficient (Wildman–Crippen LogP) is 2.52. The van der Waals surface area contributed by atoms with Gasteiger partial charge in [-0.15, -0.1) is 0 Å². The highest BCUT2D eigenvalue weighted by atomic mass is 19.1. The van der Waals surface area contributed by atoms with E-state index in [0.29, 0.717) is 18.5 Å². The molecule has 0 heterocycles. The average molecular weight is 235 g/mol. The van der Waals surface area contributed by atoms with Gasteiger partial charge in [0.15, 0.2) is 0 Å². The number of ketones is 1. The third-order valence-corrected chi connectivity index (χ3v) is 2.98. The Morgan fingerprint density at radius 2 is 1.94 bits per heavy atom. The Morgan fingerprint density at radius 1 is 1.24 bits per heavy atom. The van der Waals surface area contributed by atoms with E-state index in [9.17, 15) is 14.0 Å². The zero-order valence-corrected chi connectivity index (χ0v) is 9.41. The van der Waals surface area contributed by atoms with Gasteiger partial charge in [0, 0.05) is 12.1 Å². The third-order valence-electron chi connectivity index (χ3n) is 2.98. The fourth-order valence-corrected chi connectivity index (χ4v) is 2.02. The Labute approximate surface area is 99.0 Å². The van der Waals surface area contributed by atoms with E-state index in [1.165, 1.54) is 24.3 Å². The molecule has 1 unspecified atom stereocenters. The van der Waals surface area contributed by atoms with Crippen molar-refractivity contribution in [2.45, 2.75) is 25.7 Å². The second kappa shape index (κ2) is 5.08. The first kappa shape index (κ1) is 11.8. The molecule has 1 atom stereocenters. The Morgan fingerprint density at radius 3 is 2.59 bits per heavy atom. The summed E-state index contributed by atoms with van der Waals surface area (Å²) < 4.78 is 12.7. The molecule has 0 spiro atoms. The summed E-state index contributed by atoms with van der Waals surface area (Å²) in [6.45, 7) is 0. The Kier molecular flexibility index (Phi) is 3.52. The van der Waals surface area contributed by atoms with Crippen molar-refractivity contribution in [3.8, 4) is 0 Å². The fourth-order valence-electron chi connectivity index (χ4n) is 2.02. The van der Waals surface area contributed by atoms with Gasteiger partial charge in [0.25, 0.3) is 0 Å². The number of halogens is 1. The van der Waals surface area contributed by atoms with Crippen LogP contribution in [0.4, 0.5) is 10.1 Å². The van der Waals surface area contributed by atoms with Gasteiger partial charge in [-0.2, -0.15) is 0 Å². The molecule has 0 saturated heterocycles. The quantitative estimate of drug-likeness (QED) is 0.800. The van der Waals surface area contributed by atoms with Gasteiger partial charge in [-0.05, 0) is 37.1 Å². The molecule has 0 bridgehead atoms. The molecule has 2 rings (SSSR count). The topological polar surface area (TPSA) is 46.2 Å². The average Bonchev–Trinajstić information content (AvgIpc) is 2.32. The van der Waals surface area contributed by atoms with Crippen molar-refractivity contribution >= 4 is 17.4 Å². The lowest BCUT2D eigenvalue weighted by molar-refractivity contribution is -0.132. The molecule has 1 saturated carbocycles. The molecule has 1 aliphatic rings. The molecule has 1 N–H and O–H groups in total. The maximum absolute atomic E-state index is 12.7. The largest absolute Gasteiger partial charge is 0.325 e. The van der Waals surface area contributed by atoms with Crippen LogP contribution in [-0.4, -0.2) is 11.7 Å². The first-order valence-electron chi connectivity index (χ1n) is 5.76. The number of nitrogens with one attached hydrogen (secondary N) is 1. The van der Waals surface area contributed by atoms with Crippen LogP contribution in [0.15, 0.2) is 24.3 Å². The summed E-state index contributed by atoms with van der Waals surface area (Å²) in [5, 5.41) is 2.64. The summed E-state index contributed by atoms with van der Waals surface area (Å²) in [5.74, 6) is -1.15. The first-order valence-corrected chi connectivity index (χ1v) is 5.76. The van der Waals surface area contributed by atoms with Gasteiger partial charge in [0.2, 0.25) is 5.91 Å². The van der Waals surface area contributed by atoms with Crippen molar-refractivity contribution in [3.05, 3.63) is 30.1 Å². The molecule has 1 aliphatic carbocycles. The number of Topliss-reactive ketones (excluding diaryl/α,β-unsaturated/α-hetero) is 1. The van der Waals surface area contributed by atoms with Gasteiger partial charge in [0.05, 0.1) is 5.92 Å². The molecule has 17 heavy (non-hydrogen) atoms. The number of hydrogen-bond donors (Lipinski definition) is 1. The van der Waals surface area contributed by atoms with E-state index in [1.807, 2.05) is 0 Å². The van der Waals surface area contributed by atoms with E-state index in [-0.39, 0.29) is 17.5 Å². The number of benzene rings is 1. The van der Waals surface area contributed by atoms with Gasteiger partial charge in [-0.25, -0.2) is 4.39 Å². The molecule has 1 fully saturated rings. The van der Waals surface area contributed by atoms with Crippen molar-refractivity contribution in [3.63, 3.8) is 0 Å². The Bertz CT molecular complexity index is 428. The molecule has 90 valence electrons. The Hall–Kier alpha value is -1.71. The second-order valence-electron chi connectivity index (χ2n) is 4.26. The second-order valence-corrected chi connectivity index (χ2v) is 4.26. The van der Waals surface area contributed by atoms with Gasteiger partial charge in [0.1, 0.15) is 11.6 Å². The van der Waals surface area contributed by atoms with Gasteiger partial charge < -0.3 is 5.32 Å². The van der Waals surface area contributed by atoms with Crippen molar-refractivity contribution in [2.75, 3.05) is 5.32 Å². The molecule has 4 heteroatoms. The van der Waals surface area contributed by atoms with E-state index < -0.39 is 5.92 Å². The maximum atomic E-state index is 12.7. The highest BCUT2D eigenvalue weighted by molar-refractivity contribution is 6.07. The van der Waals surface area contributed by atoms with Gasteiger partial charge in [-0.1, -0.05) is 6.42 Å². The lowest BCUT2D eigenvalue weighted by Gasteiger charge is -2.19. The van der Waals surface area contributed by atoms with Crippen LogP contribution in [-0.2, 0) is 9.59 Å². The molecule has 0 aromatic heterocycles. The summed E-state index contributed by atoms with van der Waals surface area (Å²) >= 11 is 0. The van der Waals surface area contributed by atoms with E-state index >= 15 is 0 Å². The molecule has 1 aromatic rings. The van der Waals surface area contributed by atoms with E-state index in [1.54, 1.807) is 0 Å². The smallest absolute Gasteiger partial charge is 0.234 e. The lowest BCUT2D eigenvalue weighted by atomic mass is 9.87. The zero-order valence-electron chi connectivity index (χ0n) is 9.41. The molecule has 0 radical (unpaired) electrons. The normalized spacial score (nSPS) is 20.1. The van der Waals surface area contributed by atoms with Crippen LogP contribution in [0.5, 0.6) is 0 Å². The first-order chi connectivity index (χ1) is 8.16. The molecular weight excluding hydrogens is 221 g/mol. The van der Waals surface area contributed by atoms with Crippen LogP contribution < -0.4 is 5.32 Å². The number of rotatable bonds is 2. The summed E-state index contributed by atoms with van der Waals surface area (Å²) in [6, 6.07) is 5.53. The number of carbonyl (C=O) groups is 2. The minimum atomic E-state index is -0.534. The molecular formula is C13H14FNO2. The molecule has 1 amide bonds. The van der Waals surface area contributed by atoms with E-state index in [4.69, 9.17) is 0 Å². The standard InChI is InChI=1S/C13H14FNO2/c14-9-5-7-10(8-6-9)15-13(17)11-3-1-2-4-12(11)16/h5-8,11H,1-4H2,(H,15,17). The highest BCUT2D eigenvalue weighted by Crippen LogP contribution is 2.22. The van der Waals surface area contributed by atoms with Crippen molar-refractivity contribution in [1.82, 2.24) is 0 Å². The Balaban J connectivity index is 2.00. The fraction of sp³-hybridized carbons (Fsp3) is 0.385. The minimum absolute atomic E-state index is 0.0101. The van der Waals surface area contributed by atoms with E-state index in [0.717, 1.165) is 12.8 Å². The lowest BCUT2D eigenvalue weighted by Crippen LogP contribution is -2.31. The predicted molar refractivity (Wildman–Crippen MR) is 62.0 cm³/mol. The summed E-state index contributed by atoms with van der Waals surface area (Å²) in [6.07, 6.45) is 2.89. The number of anilines is 1. The summed E-state index contributed by atoms with van der Waals surface area (Å²) in [4.78, 5) is 23.4. The molecule has 0 aliphatic heterocycles. The minimum Gasteiger partial charge on any atom is -0.325 e. The van der Waals surface area contributed by atoms with E-state index in [2.05, 4.69) is 5.32 Å². The number of carbonyl (C=O) groups excluding carboxylic acids is 2. The number of hydrogen-bond acceptors (Lipinski definition) is 2. The van der Waals surface area contributed by atoms with Crippen LogP contribution in [0, 0.1) is 11.7 Å². The van der Waals surface area contributed by atoms with Crippen molar-refractivity contribution in [2.24, 2.45) is 5.92 Å². The van der Waals surface area contributed by atoms with Crippen LogP contribution in [0.2, 0.25) is 0 Å². The van der Waals surface area contributed by atoms with Gasteiger partial charge in [-0.3, -0.25) is 9.59 Å². The van der Waals surface area contributed by atoms with Crippen LogP contribution in [0.25, 0.3) is 0 Å². The van der Waals surface area contributed by atoms with Crippen LogP contribution >= 0.6 is 0 Å². The maximum Gasteiger partial charge on any atom is 0.234 e. The highest BCUT2D eigenvalue weighted by Gasteiger charge is 2.28. The van der Waals surface area contributed by atoms with Crippen LogP contribution in [0.1, 0.15) is 25.7 Å². The van der Waals surface area contributed by atoms with Crippen LogP contribution in [0.3, 0.4) is 0 Å². The molecule has 1 aromatic carbocycles. The van der Waals surface area contributed by atoms with Crippen molar-refractivity contribution < 1.29 is 14.0 Å². The summed E-state index contributed by atoms with van der Waals surface area (Å²) in [5.41, 5.74) is 0.523. The molecule has 3 nitrogen and oxygen atoms in total. The van der Waals surface area contributed by atoms with Gasteiger partial charge >= 0.3 is 0 Å². The number of amides is 1. The zero-order chi connectivity index (χ0) is 12.3. The monoisotopic (exact) mass is 235 g/mol. The van der Waals surface area contributed by atoms with Crippen molar-refractivity contribution in [1.29, 1.82) is 0 Å². The summed E-state index contributed by atoms with van der Waals surface area (Å²) in [7, 11) is 0.